The molecule has 1 unspecified atom stereocenters. The molecular weight excluding hydrogens is 276 g/mol. The summed E-state index contributed by atoms with van der Waals surface area (Å²) in [4.78, 5) is 24.1. The predicted molar refractivity (Wildman–Crippen MR) is 78.3 cm³/mol. The molecule has 1 aromatic heterocycles. The summed E-state index contributed by atoms with van der Waals surface area (Å²) in [5.41, 5.74) is 0.483. The van der Waals surface area contributed by atoms with E-state index in [0.717, 1.165) is 6.42 Å². The molecule has 0 aromatic carbocycles. The topological polar surface area (TPSA) is 90.5 Å². The molecule has 0 bridgehead atoms. The Labute approximate surface area is 123 Å². The lowest BCUT2D eigenvalue weighted by Crippen LogP contribution is -2.30. The van der Waals surface area contributed by atoms with Crippen molar-refractivity contribution >= 4 is 17.5 Å². The van der Waals surface area contributed by atoms with Gasteiger partial charge in [-0.25, -0.2) is 4.68 Å². The fourth-order valence-corrected chi connectivity index (χ4v) is 2.35. The van der Waals surface area contributed by atoms with Crippen molar-refractivity contribution in [3.63, 3.8) is 0 Å². The van der Waals surface area contributed by atoms with Crippen LogP contribution in [0, 0.1) is 16.0 Å². The third-order valence-corrected chi connectivity index (χ3v) is 3.24. The van der Waals surface area contributed by atoms with Crippen LogP contribution >= 0.6 is 0 Å². The van der Waals surface area contributed by atoms with Gasteiger partial charge in [0, 0.05) is 20.6 Å². The number of carbonyl (C=O) groups excluding carboxylic acids is 1. The molecule has 1 aromatic rings. The van der Waals surface area contributed by atoms with E-state index < -0.39 is 4.92 Å². The Morgan fingerprint density at radius 1 is 1.57 bits per heavy atom. The van der Waals surface area contributed by atoms with Gasteiger partial charge in [0.1, 0.15) is 5.69 Å². The smallest absolute Gasteiger partial charge is 0.334 e. The van der Waals surface area contributed by atoms with Gasteiger partial charge in [0.05, 0.1) is 18.0 Å². The van der Waals surface area contributed by atoms with E-state index in [1.165, 1.54) is 11.8 Å². The van der Waals surface area contributed by atoms with Crippen molar-refractivity contribution in [2.24, 2.45) is 13.0 Å². The van der Waals surface area contributed by atoms with E-state index in [0.29, 0.717) is 24.5 Å². The second-order valence-electron chi connectivity index (χ2n) is 5.05. The normalized spacial score (nSPS) is 12.0. The number of carbonyl (C=O) groups is 1. The van der Waals surface area contributed by atoms with Crippen molar-refractivity contribution in [1.82, 2.24) is 9.78 Å². The highest BCUT2D eigenvalue weighted by Crippen LogP contribution is 2.31. The van der Waals surface area contributed by atoms with E-state index >= 15 is 0 Å². The number of ether oxygens (including phenoxy) is 1. The molecule has 0 amide bonds. The molecule has 0 saturated heterocycles. The molecule has 1 heterocycles. The van der Waals surface area contributed by atoms with Crippen LogP contribution in [0.4, 0.5) is 11.5 Å². The van der Waals surface area contributed by atoms with Crippen molar-refractivity contribution in [2.75, 3.05) is 25.6 Å². The Morgan fingerprint density at radius 2 is 2.19 bits per heavy atom. The van der Waals surface area contributed by atoms with E-state index in [4.69, 9.17) is 0 Å². The lowest BCUT2D eigenvalue weighted by Gasteiger charge is -2.21. The van der Waals surface area contributed by atoms with E-state index in [1.807, 2.05) is 6.92 Å². The average Bonchev–Trinajstić information content (AvgIpc) is 2.74. The molecule has 0 radical (unpaired) electrons. The monoisotopic (exact) mass is 298 g/mol. The third kappa shape index (κ3) is 3.71. The van der Waals surface area contributed by atoms with E-state index in [2.05, 4.69) is 9.84 Å². The summed E-state index contributed by atoms with van der Waals surface area (Å²) in [7, 11) is 4.70. The lowest BCUT2D eigenvalue weighted by molar-refractivity contribution is -0.384. The highest BCUT2D eigenvalue weighted by Gasteiger charge is 2.30. The van der Waals surface area contributed by atoms with Gasteiger partial charge in [-0.15, -0.1) is 0 Å². The van der Waals surface area contributed by atoms with E-state index in [1.54, 1.807) is 25.9 Å². The minimum absolute atomic E-state index is 0.0129. The number of aryl methyl sites for hydroxylation is 2. The van der Waals surface area contributed by atoms with Crippen LogP contribution in [0.1, 0.15) is 26.0 Å². The van der Waals surface area contributed by atoms with Gasteiger partial charge in [-0.3, -0.25) is 14.9 Å². The van der Waals surface area contributed by atoms with Gasteiger partial charge < -0.3 is 9.64 Å². The molecule has 1 atom stereocenters. The molecule has 1 rings (SSSR count). The molecule has 8 heteroatoms. The quantitative estimate of drug-likeness (QED) is 0.431. The number of nitro groups is 1. The largest absolute Gasteiger partial charge is 0.469 e. The molecule has 0 spiro atoms. The molecule has 0 fully saturated rings. The number of anilines is 1. The van der Waals surface area contributed by atoms with Gasteiger partial charge in [0.2, 0.25) is 5.82 Å². The zero-order chi connectivity index (χ0) is 16.2. The maximum Gasteiger partial charge on any atom is 0.334 e. The minimum atomic E-state index is -0.410. The molecule has 8 nitrogen and oxygen atoms in total. The zero-order valence-corrected chi connectivity index (χ0v) is 13.1. The van der Waals surface area contributed by atoms with Crippen molar-refractivity contribution < 1.29 is 14.5 Å². The van der Waals surface area contributed by atoms with Crippen molar-refractivity contribution in [1.29, 1.82) is 0 Å². The van der Waals surface area contributed by atoms with Crippen LogP contribution < -0.4 is 4.90 Å². The first kappa shape index (κ1) is 16.9. The lowest BCUT2D eigenvalue weighted by atomic mass is 10.1. The molecule has 118 valence electrons. The molecule has 21 heavy (non-hydrogen) atoms. The summed E-state index contributed by atoms with van der Waals surface area (Å²) in [6.07, 6.45) is 1.32. The van der Waals surface area contributed by atoms with Crippen LogP contribution in [0.5, 0.6) is 0 Å². The van der Waals surface area contributed by atoms with Crippen LogP contribution in [0.2, 0.25) is 0 Å². The maximum atomic E-state index is 11.5. The van der Waals surface area contributed by atoms with Crippen LogP contribution in [0.25, 0.3) is 0 Å². The first-order chi connectivity index (χ1) is 9.83. The van der Waals surface area contributed by atoms with Gasteiger partial charge in [0.15, 0.2) is 0 Å². The first-order valence-electron chi connectivity index (χ1n) is 6.82. The maximum absolute atomic E-state index is 11.5. The van der Waals surface area contributed by atoms with Crippen LogP contribution in [-0.2, 0) is 23.0 Å². The average molecular weight is 298 g/mol. The summed E-state index contributed by atoms with van der Waals surface area (Å²) < 4.78 is 6.17. The molecule has 0 N–H and O–H groups in total. The van der Waals surface area contributed by atoms with Crippen molar-refractivity contribution in [3.8, 4) is 0 Å². The van der Waals surface area contributed by atoms with Gasteiger partial charge in [0.25, 0.3) is 0 Å². The highest BCUT2D eigenvalue weighted by molar-refractivity contribution is 5.73. The highest BCUT2D eigenvalue weighted by atomic mass is 16.6. The fraction of sp³-hybridized carbons (Fsp3) is 0.692. The van der Waals surface area contributed by atoms with E-state index in [-0.39, 0.29) is 17.6 Å². The number of hydrogen-bond donors (Lipinski definition) is 0. The number of esters is 1. The number of nitrogens with zero attached hydrogens (tertiary/aromatic N) is 4. The molecule has 0 aliphatic heterocycles. The molecule has 0 aliphatic carbocycles. The standard InChI is InChI=1S/C13H22N4O4/c1-6-7-10-11(17(19)20)12(16(4)14-10)15(3)8-9(2)13(18)21-5/h9H,6-8H2,1-5H3. The Morgan fingerprint density at radius 3 is 2.67 bits per heavy atom. The molecular formula is C13H22N4O4. The van der Waals surface area contributed by atoms with Crippen LogP contribution in [0.3, 0.4) is 0 Å². The minimum Gasteiger partial charge on any atom is -0.469 e. The number of rotatable bonds is 7. The van der Waals surface area contributed by atoms with Gasteiger partial charge >= 0.3 is 11.7 Å². The third-order valence-electron chi connectivity index (χ3n) is 3.24. The first-order valence-corrected chi connectivity index (χ1v) is 6.82. The Hall–Kier alpha value is -2.12. The van der Waals surface area contributed by atoms with Crippen LogP contribution in [-0.4, -0.2) is 41.4 Å². The summed E-state index contributed by atoms with van der Waals surface area (Å²) in [5.74, 6) is -0.330. The Bertz CT molecular complexity index is 526. The van der Waals surface area contributed by atoms with Crippen molar-refractivity contribution in [2.45, 2.75) is 26.7 Å². The molecule has 0 aliphatic rings. The second kappa shape index (κ2) is 7.05. The Kier molecular flexibility index (Phi) is 5.69. The Balaban J connectivity index is 3.11. The fourth-order valence-electron chi connectivity index (χ4n) is 2.35. The van der Waals surface area contributed by atoms with E-state index in [9.17, 15) is 14.9 Å². The summed E-state index contributed by atoms with van der Waals surface area (Å²) in [6.45, 7) is 3.98. The SMILES string of the molecule is CCCc1nn(C)c(N(C)CC(C)C(=O)OC)c1[N+](=O)[O-]. The molecule has 0 saturated carbocycles. The summed E-state index contributed by atoms with van der Waals surface area (Å²) in [5, 5.41) is 15.6. The van der Waals surface area contributed by atoms with Gasteiger partial charge in [-0.05, 0) is 6.42 Å². The van der Waals surface area contributed by atoms with Crippen molar-refractivity contribution in [3.05, 3.63) is 15.8 Å². The summed E-state index contributed by atoms with van der Waals surface area (Å²) >= 11 is 0. The number of aromatic nitrogens is 2. The number of methoxy groups -OCH3 is 1. The van der Waals surface area contributed by atoms with Gasteiger partial charge in [-0.2, -0.15) is 5.10 Å². The summed E-state index contributed by atoms with van der Waals surface area (Å²) in [6, 6.07) is 0. The predicted octanol–water partition coefficient (Wildman–Crippen LogP) is 1.53. The van der Waals surface area contributed by atoms with Crippen LogP contribution in [0.15, 0.2) is 0 Å². The number of hydrogen-bond acceptors (Lipinski definition) is 6. The van der Waals surface area contributed by atoms with Gasteiger partial charge in [-0.1, -0.05) is 20.3 Å². The second-order valence-corrected chi connectivity index (χ2v) is 5.05. The zero-order valence-electron chi connectivity index (χ0n) is 13.1.